The van der Waals surface area contributed by atoms with Crippen LogP contribution in [0.1, 0.15) is 54.6 Å². The van der Waals surface area contributed by atoms with Crippen molar-refractivity contribution in [3.8, 4) is 11.3 Å². The molecule has 0 radical (unpaired) electrons. The average Bonchev–Trinajstić information content (AvgIpc) is 3.60. The van der Waals surface area contributed by atoms with Crippen molar-refractivity contribution in [1.82, 2.24) is 9.88 Å². The molecule has 0 saturated heterocycles. The van der Waals surface area contributed by atoms with Crippen molar-refractivity contribution in [2.24, 2.45) is 0 Å². The fourth-order valence-corrected chi connectivity index (χ4v) is 4.26. The number of hydrogen-bond acceptors (Lipinski definition) is 2. The second-order valence-corrected chi connectivity index (χ2v) is 8.22. The average molecular weight is 385 g/mol. The number of hydrogen-bond donors (Lipinski definition) is 0. The summed E-state index contributed by atoms with van der Waals surface area (Å²) >= 11 is 0. The number of rotatable bonds is 8. The maximum absolute atomic E-state index is 5.07. The molecule has 2 nitrogen and oxygen atoms in total. The van der Waals surface area contributed by atoms with Crippen molar-refractivity contribution >= 4 is 0 Å². The summed E-state index contributed by atoms with van der Waals surface area (Å²) in [5.41, 5.74) is 9.17. The molecule has 3 aromatic rings. The summed E-state index contributed by atoms with van der Waals surface area (Å²) in [6.45, 7) is 8.64. The summed E-state index contributed by atoms with van der Waals surface area (Å²) in [5, 5.41) is 0. The second kappa shape index (κ2) is 8.92. The third kappa shape index (κ3) is 4.59. The Morgan fingerprint density at radius 2 is 1.48 bits per heavy atom. The van der Waals surface area contributed by atoms with Crippen molar-refractivity contribution in [3.63, 3.8) is 0 Å². The van der Waals surface area contributed by atoms with E-state index >= 15 is 0 Å². The molecule has 1 saturated carbocycles. The van der Waals surface area contributed by atoms with Crippen LogP contribution in [0.15, 0.2) is 60.7 Å². The van der Waals surface area contributed by atoms with Crippen LogP contribution in [0.3, 0.4) is 0 Å². The van der Waals surface area contributed by atoms with E-state index in [1.54, 1.807) is 0 Å². The largest absolute Gasteiger partial charge is 0.292 e. The molecule has 1 aromatic heterocycles. The minimum absolute atomic E-state index is 0.724. The highest BCUT2D eigenvalue weighted by Crippen LogP contribution is 2.32. The van der Waals surface area contributed by atoms with Crippen LogP contribution in [0.5, 0.6) is 0 Å². The van der Waals surface area contributed by atoms with Gasteiger partial charge in [-0.05, 0) is 60.9 Å². The summed E-state index contributed by atoms with van der Waals surface area (Å²) in [4.78, 5) is 7.70. The Hall–Kier alpha value is -2.45. The minimum Gasteiger partial charge on any atom is -0.292 e. The molecule has 0 spiro atoms. The maximum atomic E-state index is 5.07. The van der Waals surface area contributed by atoms with Crippen LogP contribution < -0.4 is 0 Å². The lowest BCUT2D eigenvalue weighted by Crippen LogP contribution is -2.25. The highest BCUT2D eigenvalue weighted by atomic mass is 15.2. The molecule has 1 fully saturated rings. The van der Waals surface area contributed by atoms with Gasteiger partial charge in [0.05, 0.1) is 5.69 Å². The first-order valence-corrected chi connectivity index (χ1v) is 11.0. The second-order valence-electron chi connectivity index (χ2n) is 8.22. The number of pyridine rings is 1. The third-order valence-electron chi connectivity index (χ3n) is 6.12. The van der Waals surface area contributed by atoms with Crippen LogP contribution in [0.25, 0.3) is 11.3 Å². The van der Waals surface area contributed by atoms with Crippen LogP contribution in [-0.2, 0) is 25.9 Å². The van der Waals surface area contributed by atoms with Crippen molar-refractivity contribution < 1.29 is 0 Å². The standard InChI is InChI=1S/C27H32N2/c1-4-22-12-9-13-23(5-2)27(22)26-17-14-24(20(3)28-26)19-29(25-15-16-25)18-21-10-7-6-8-11-21/h6-14,17,25H,4-5,15-16,18-19H2,1-3H3. The van der Waals surface area contributed by atoms with Crippen molar-refractivity contribution in [3.05, 3.63) is 88.6 Å². The molecular formula is C27H32N2. The smallest absolute Gasteiger partial charge is 0.0710 e. The zero-order valence-electron chi connectivity index (χ0n) is 18.0. The lowest BCUT2D eigenvalue weighted by atomic mass is 9.94. The zero-order chi connectivity index (χ0) is 20.2. The minimum atomic E-state index is 0.724. The maximum Gasteiger partial charge on any atom is 0.0710 e. The number of aromatic nitrogens is 1. The Labute approximate surface area is 175 Å². The predicted molar refractivity (Wildman–Crippen MR) is 122 cm³/mol. The molecule has 0 N–H and O–H groups in total. The Bertz CT molecular complexity index is 935. The molecule has 0 amide bonds. The fourth-order valence-electron chi connectivity index (χ4n) is 4.26. The van der Waals surface area contributed by atoms with Gasteiger partial charge >= 0.3 is 0 Å². The summed E-state index contributed by atoms with van der Waals surface area (Å²) in [7, 11) is 0. The lowest BCUT2D eigenvalue weighted by Gasteiger charge is -2.23. The van der Waals surface area contributed by atoms with Crippen molar-refractivity contribution in [2.75, 3.05) is 0 Å². The molecule has 2 aromatic carbocycles. The number of aryl methyl sites for hydroxylation is 3. The molecule has 150 valence electrons. The molecule has 0 unspecified atom stereocenters. The fraction of sp³-hybridized carbons (Fsp3) is 0.370. The Morgan fingerprint density at radius 1 is 0.793 bits per heavy atom. The first-order valence-electron chi connectivity index (χ1n) is 11.0. The first-order chi connectivity index (χ1) is 14.2. The van der Waals surface area contributed by atoms with Crippen LogP contribution >= 0.6 is 0 Å². The van der Waals surface area contributed by atoms with Gasteiger partial charge in [-0.25, -0.2) is 0 Å². The highest BCUT2D eigenvalue weighted by Gasteiger charge is 2.29. The third-order valence-corrected chi connectivity index (χ3v) is 6.12. The molecule has 1 heterocycles. The van der Waals surface area contributed by atoms with Gasteiger partial charge in [-0.15, -0.1) is 0 Å². The van der Waals surface area contributed by atoms with E-state index in [0.717, 1.165) is 43.4 Å². The van der Waals surface area contributed by atoms with Gasteiger partial charge in [-0.2, -0.15) is 0 Å². The van der Waals surface area contributed by atoms with Gasteiger partial charge in [0.15, 0.2) is 0 Å². The van der Waals surface area contributed by atoms with E-state index in [-0.39, 0.29) is 0 Å². The molecule has 1 aliphatic carbocycles. The van der Waals surface area contributed by atoms with E-state index in [9.17, 15) is 0 Å². The summed E-state index contributed by atoms with van der Waals surface area (Å²) in [5.74, 6) is 0. The van der Waals surface area contributed by atoms with Gasteiger partial charge in [0, 0.05) is 30.4 Å². The van der Waals surface area contributed by atoms with E-state index in [1.165, 1.54) is 40.7 Å². The van der Waals surface area contributed by atoms with Crippen LogP contribution in [0, 0.1) is 6.92 Å². The lowest BCUT2D eigenvalue weighted by molar-refractivity contribution is 0.245. The molecule has 29 heavy (non-hydrogen) atoms. The van der Waals surface area contributed by atoms with E-state index in [2.05, 4.69) is 86.3 Å². The SMILES string of the molecule is CCc1cccc(CC)c1-c1ccc(CN(Cc2ccccc2)C2CC2)c(C)n1. The summed E-state index contributed by atoms with van der Waals surface area (Å²) in [6.07, 6.45) is 4.72. The first kappa shape index (κ1) is 19.8. The topological polar surface area (TPSA) is 16.1 Å². The zero-order valence-corrected chi connectivity index (χ0v) is 18.0. The Balaban J connectivity index is 1.59. The molecule has 4 rings (SSSR count). The van der Waals surface area contributed by atoms with Gasteiger partial charge in [-0.1, -0.05) is 68.4 Å². The molecule has 1 aliphatic rings. The van der Waals surface area contributed by atoms with Gasteiger partial charge in [0.2, 0.25) is 0 Å². The molecule has 0 bridgehead atoms. The van der Waals surface area contributed by atoms with Crippen molar-refractivity contribution in [2.45, 2.75) is 65.6 Å². The normalized spacial score (nSPS) is 13.8. The molecular weight excluding hydrogens is 352 g/mol. The molecule has 0 aliphatic heterocycles. The number of benzene rings is 2. The number of nitrogens with zero attached hydrogens (tertiary/aromatic N) is 2. The van der Waals surface area contributed by atoms with Gasteiger partial charge in [0.1, 0.15) is 0 Å². The van der Waals surface area contributed by atoms with Gasteiger partial charge in [-0.3, -0.25) is 9.88 Å². The summed E-state index contributed by atoms with van der Waals surface area (Å²) < 4.78 is 0. The van der Waals surface area contributed by atoms with E-state index < -0.39 is 0 Å². The highest BCUT2D eigenvalue weighted by molar-refractivity contribution is 5.68. The Morgan fingerprint density at radius 3 is 2.07 bits per heavy atom. The van der Waals surface area contributed by atoms with Crippen molar-refractivity contribution in [1.29, 1.82) is 0 Å². The predicted octanol–water partition coefficient (Wildman–Crippen LogP) is 6.35. The van der Waals surface area contributed by atoms with E-state index in [4.69, 9.17) is 4.98 Å². The van der Waals surface area contributed by atoms with E-state index in [1.807, 2.05) is 0 Å². The van der Waals surface area contributed by atoms with Crippen LogP contribution in [0.4, 0.5) is 0 Å². The monoisotopic (exact) mass is 384 g/mol. The van der Waals surface area contributed by atoms with Gasteiger partial charge in [0.25, 0.3) is 0 Å². The molecule has 2 heteroatoms. The van der Waals surface area contributed by atoms with Crippen LogP contribution in [-0.4, -0.2) is 15.9 Å². The quantitative estimate of drug-likeness (QED) is 0.450. The van der Waals surface area contributed by atoms with Crippen LogP contribution in [0.2, 0.25) is 0 Å². The van der Waals surface area contributed by atoms with Gasteiger partial charge < -0.3 is 0 Å². The van der Waals surface area contributed by atoms with E-state index in [0.29, 0.717) is 0 Å². The summed E-state index contributed by atoms with van der Waals surface area (Å²) in [6, 6.07) is 22.8. The Kier molecular flexibility index (Phi) is 6.10. The molecule has 0 atom stereocenters.